The number of hydrogen-bond donors (Lipinski definition) is 2. The highest BCUT2D eigenvalue weighted by molar-refractivity contribution is 7.09. The van der Waals surface area contributed by atoms with E-state index in [1.807, 2.05) is 17.5 Å². The average molecular weight is 489 g/mol. The van der Waals surface area contributed by atoms with Crippen LogP contribution in [-0.4, -0.2) is 52.9 Å². The number of nitrogens with zero attached hydrogens (tertiary/aromatic N) is 3. The van der Waals surface area contributed by atoms with Crippen LogP contribution >= 0.6 is 11.3 Å². The van der Waals surface area contributed by atoms with Crippen molar-refractivity contribution in [2.75, 3.05) is 30.4 Å². The van der Waals surface area contributed by atoms with Crippen LogP contribution in [0.2, 0.25) is 0 Å². The largest absolute Gasteiger partial charge is 0.495 e. The molecule has 178 valence electrons. The third-order valence-electron chi connectivity index (χ3n) is 5.61. The lowest BCUT2D eigenvalue weighted by molar-refractivity contribution is -0.142. The van der Waals surface area contributed by atoms with Crippen molar-refractivity contribution in [3.63, 3.8) is 0 Å². The number of alkyl halides is 2. The lowest BCUT2D eigenvalue weighted by Gasteiger charge is -2.26. The summed E-state index contributed by atoms with van der Waals surface area (Å²) in [5.74, 6) is -6.26. The van der Waals surface area contributed by atoms with Crippen molar-refractivity contribution in [3.8, 4) is 5.75 Å². The Morgan fingerprint density at radius 1 is 1.38 bits per heavy atom. The summed E-state index contributed by atoms with van der Waals surface area (Å²) in [5.41, 5.74) is 0.771. The van der Waals surface area contributed by atoms with E-state index in [1.165, 1.54) is 54.7 Å². The summed E-state index contributed by atoms with van der Waals surface area (Å²) in [4.78, 5) is 34.8. The molecule has 2 aromatic heterocycles. The number of carboxylic acid groups (broad SMARTS) is 1. The third-order valence-corrected chi connectivity index (χ3v) is 6.54. The van der Waals surface area contributed by atoms with Crippen molar-refractivity contribution in [1.82, 2.24) is 9.97 Å². The number of hydrogen-bond acceptors (Lipinski definition) is 8. The summed E-state index contributed by atoms with van der Waals surface area (Å²) < 4.78 is 34.7. The molecular weight excluding hydrogens is 466 g/mol. The topological polar surface area (TPSA) is 105 Å². The zero-order valence-corrected chi connectivity index (χ0v) is 19.2. The molecule has 0 radical (unpaired) electrons. The van der Waals surface area contributed by atoms with Gasteiger partial charge in [0.15, 0.2) is 0 Å². The van der Waals surface area contributed by atoms with Crippen molar-refractivity contribution < 1.29 is 28.2 Å². The van der Waals surface area contributed by atoms with Gasteiger partial charge in [-0.25, -0.2) is 9.78 Å². The van der Waals surface area contributed by atoms with Gasteiger partial charge in [-0.2, -0.15) is 13.8 Å². The minimum Gasteiger partial charge on any atom is -0.495 e. The zero-order valence-electron chi connectivity index (χ0n) is 18.4. The number of nitrogens with one attached hydrogen (secondary N) is 1. The van der Waals surface area contributed by atoms with E-state index >= 15 is 0 Å². The van der Waals surface area contributed by atoms with E-state index in [9.17, 15) is 23.5 Å². The number of ether oxygens (including phenoxy) is 1. The Hall–Kier alpha value is -3.60. The number of rotatable bonds is 7. The Morgan fingerprint density at radius 2 is 2.18 bits per heavy atom. The highest BCUT2D eigenvalue weighted by Gasteiger charge is 2.47. The van der Waals surface area contributed by atoms with Gasteiger partial charge in [-0.3, -0.25) is 4.79 Å². The molecule has 1 aromatic carbocycles. The van der Waals surface area contributed by atoms with E-state index in [2.05, 4.69) is 15.3 Å². The van der Waals surface area contributed by atoms with Gasteiger partial charge in [0.25, 0.3) is 0 Å². The molecule has 1 atom stereocenters. The second kappa shape index (κ2) is 9.34. The van der Waals surface area contributed by atoms with Crippen LogP contribution in [-0.2, 0) is 11.2 Å². The number of thiophene rings is 1. The molecule has 4 rings (SSSR count). The van der Waals surface area contributed by atoms with E-state index in [0.29, 0.717) is 17.7 Å². The first-order chi connectivity index (χ1) is 16.2. The standard InChI is InChI=1S/C23H22F2N4O4S/c1-13-16-11-26-22(27-17-6-5-14(21(31)32)10-18(17)33-2)28-20(16)29(12-23(24,25)19(13)30)8-7-15-4-3-9-34-15/h3-6,9-11,13H,7-8,12H2,1-2H3,(H,31,32)(H,26,27,28). The van der Waals surface area contributed by atoms with Crippen molar-refractivity contribution in [1.29, 1.82) is 0 Å². The van der Waals surface area contributed by atoms with Gasteiger partial charge < -0.3 is 20.1 Å². The van der Waals surface area contributed by atoms with Crippen LogP contribution in [0.4, 0.5) is 26.2 Å². The van der Waals surface area contributed by atoms with Gasteiger partial charge in [-0.1, -0.05) is 13.0 Å². The number of carbonyl (C=O) groups is 2. The molecule has 11 heteroatoms. The van der Waals surface area contributed by atoms with Crippen molar-refractivity contribution in [3.05, 3.63) is 57.9 Å². The normalized spacial score (nSPS) is 17.1. The first-order valence-electron chi connectivity index (χ1n) is 10.4. The van der Waals surface area contributed by atoms with Crippen molar-refractivity contribution in [2.24, 2.45) is 0 Å². The lowest BCUT2D eigenvalue weighted by Crippen LogP contribution is -2.42. The maximum atomic E-state index is 14.7. The summed E-state index contributed by atoms with van der Waals surface area (Å²) in [5, 5.41) is 14.1. The van der Waals surface area contributed by atoms with Gasteiger partial charge >= 0.3 is 11.9 Å². The SMILES string of the molecule is COc1cc(C(=O)O)ccc1Nc1ncc2c(n1)N(CCc1cccs1)CC(F)(F)C(=O)C2C. The second-order valence-electron chi connectivity index (χ2n) is 7.86. The van der Waals surface area contributed by atoms with E-state index < -0.39 is 30.1 Å². The Labute approximate surface area is 198 Å². The fraction of sp³-hybridized carbons (Fsp3) is 0.304. The number of ketones is 1. The van der Waals surface area contributed by atoms with Crippen molar-refractivity contribution >= 4 is 40.5 Å². The molecule has 0 spiro atoms. The van der Waals surface area contributed by atoms with Crippen LogP contribution in [0.3, 0.4) is 0 Å². The molecule has 3 heterocycles. The molecular formula is C23H22F2N4O4S. The summed E-state index contributed by atoms with van der Waals surface area (Å²) in [6.45, 7) is 0.903. The number of benzene rings is 1. The molecule has 0 aliphatic carbocycles. The highest BCUT2D eigenvalue weighted by atomic mass is 32.1. The van der Waals surface area contributed by atoms with Crippen LogP contribution in [0.25, 0.3) is 0 Å². The van der Waals surface area contributed by atoms with Gasteiger partial charge in [-0.15, -0.1) is 11.3 Å². The molecule has 3 aromatic rings. The van der Waals surface area contributed by atoms with Crippen molar-refractivity contribution in [2.45, 2.75) is 25.2 Å². The number of fused-ring (bicyclic) bond motifs is 1. The maximum Gasteiger partial charge on any atom is 0.335 e. The van der Waals surface area contributed by atoms with E-state index in [4.69, 9.17) is 4.74 Å². The Bertz CT molecular complexity index is 1220. The molecule has 0 amide bonds. The fourth-order valence-electron chi connectivity index (χ4n) is 3.78. The van der Waals surface area contributed by atoms with Crippen LogP contribution < -0.4 is 15.0 Å². The Kier molecular flexibility index (Phi) is 6.47. The molecule has 0 fully saturated rings. The lowest BCUT2D eigenvalue weighted by atomic mass is 9.96. The number of halogens is 2. The molecule has 1 unspecified atom stereocenters. The smallest absolute Gasteiger partial charge is 0.335 e. The fourth-order valence-corrected chi connectivity index (χ4v) is 4.48. The van der Waals surface area contributed by atoms with Gasteiger partial charge in [0.1, 0.15) is 11.6 Å². The summed E-state index contributed by atoms with van der Waals surface area (Å²) in [6, 6.07) is 8.07. The monoisotopic (exact) mass is 488 g/mol. The molecule has 0 saturated heterocycles. The molecule has 8 nitrogen and oxygen atoms in total. The number of anilines is 3. The quantitative estimate of drug-likeness (QED) is 0.506. The van der Waals surface area contributed by atoms with E-state index in [1.54, 1.807) is 0 Å². The Morgan fingerprint density at radius 3 is 2.85 bits per heavy atom. The highest BCUT2D eigenvalue weighted by Crippen LogP contribution is 2.38. The van der Waals surface area contributed by atoms with E-state index in [-0.39, 0.29) is 29.6 Å². The van der Waals surface area contributed by atoms with E-state index in [0.717, 1.165) is 4.88 Å². The minimum absolute atomic E-state index is 0.0413. The molecule has 0 bridgehead atoms. The minimum atomic E-state index is -3.53. The van der Waals surface area contributed by atoms with Gasteiger partial charge in [-0.05, 0) is 36.1 Å². The summed E-state index contributed by atoms with van der Waals surface area (Å²) in [6.07, 6.45) is 1.90. The van der Waals surface area contributed by atoms with Crippen LogP contribution in [0.5, 0.6) is 5.75 Å². The molecule has 34 heavy (non-hydrogen) atoms. The first kappa shape index (κ1) is 23.6. The number of aromatic nitrogens is 2. The average Bonchev–Trinajstić information content (AvgIpc) is 3.32. The first-order valence-corrected chi connectivity index (χ1v) is 11.3. The summed E-state index contributed by atoms with van der Waals surface area (Å²) >= 11 is 1.53. The molecule has 1 aliphatic rings. The van der Waals surface area contributed by atoms with Crippen LogP contribution in [0.15, 0.2) is 41.9 Å². The van der Waals surface area contributed by atoms with Crippen LogP contribution in [0, 0.1) is 0 Å². The predicted octanol–water partition coefficient (Wildman–Crippen LogP) is 4.36. The zero-order chi connectivity index (χ0) is 24.5. The van der Waals surface area contributed by atoms with Crippen LogP contribution in [0.1, 0.15) is 33.6 Å². The van der Waals surface area contributed by atoms with Gasteiger partial charge in [0, 0.05) is 23.2 Å². The Balaban J connectivity index is 1.69. The molecule has 1 aliphatic heterocycles. The predicted molar refractivity (Wildman–Crippen MR) is 124 cm³/mol. The molecule has 0 saturated carbocycles. The second-order valence-corrected chi connectivity index (χ2v) is 8.89. The number of Topliss-reactive ketones (excluding diaryl/α,β-unsaturated/α-hetero) is 1. The summed E-state index contributed by atoms with van der Waals surface area (Å²) in [7, 11) is 1.39. The number of aromatic carboxylic acids is 1. The number of methoxy groups -OCH3 is 1. The number of carboxylic acids is 1. The molecule has 2 N–H and O–H groups in total. The van der Waals surface area contributed by atoms with Gasteiger partial charge in [0.2, 0.25) is 11.7 Å². The third kappa shape index (κ3) is 4.69. The maximum absolute atomic E-state index is 14.7. The van der Waals surface area contributed by atoms with Gasteiger partial charge in [0.05, 0.1) is 30.8 Å². The number of carbonyl (C=O) groups excluding carboxylic acids is 1.